The van der Waals surface area contributed by atoms with Gasteiger partial charge in [-0.1, -0.05) is 6.07 Å². The van der Waals surface area contributed by atoms with Crippen LogP contribution in [0.25, 0.3) is 0 Å². The Morgan fingerprint density at radius 3 is 2.75 bits per heavy atom. The molecule has 2 rings (SSSR count). The van der Waals surface area contributed by atoms with Crippen molar-refractivity contribution in [1.29, 1.82) is 0 Å². The molecule has 2 unspecified atom stereocenters. The van der Waals surface area contributed by atoms with Gasteiger partial charge >= 0.3 is 0 Å². The van der Waals surface area contributed by atoms with Gasteiger partial charge in [-0.2, -0.15) is 0 Å². The Balaban J connectivity index is 0.00000288. The number of benzene rings is 1. The summed E-state index contributed by atoms with van der Waals surface area (Å²) in [6.07, 6.45) is 0.883. The van der Waals surface area contributed by atoms with Crippen LogP contribution in [0.4, 0.5) is 5.69 Å². The molecule has 8 nitrogen and oxygen atoms in total. The molecule has 1 saturated heterocycles. The lowest BCUT2D eigenvalue weighted by Crippen LogP contribution is -2.49. The van der Waals surface area contributed by atoms with Gasteiger partial charge in [0.05, 0.1) is 4.92 Å². The third kappa shape index (κ3) is 4.65. The minimum absolute atomic E-state index is 0. The van der Waals surface area contributed by atoms with E-state index in [1.165, 1.54) is 24.3 Å². The highest BCUT2D eigenvalue weighted by atomic mass is 35.5. The molecular formula is C15H21ClN4O4. The Kier molecular flexibility index (Phi) is 7.12. The van der Waals surface area contributed by atoms with Crippen LogP contribution in [-0.2, 0) is 4.79 Å². The van der Waals surface area contributed by atoms with Crippen LogP contribution in [0.1, 0.15) is 23.7 Å². The van der Waals surface area contributed by atoms with E-state index in [0.717, 1.165) is 19.5 Å². The van der Waals surface area contributed by atoms with Crippen molar-refractivity contribution < 1.29 is 14.5 Å². The van der Waals surface area contributed by atoms with Crippen LogP contribution in [0.3, 0.4) is 0 Å². The molecule has 0 spiro atoms. The first-order chi connectivity index (χ1) is 10.9. The highest BCUT2D eigenvalue weighted by Crippen LogP contribution is 2.13. The number of carbonyl (C=O) groups excluding carboxylic acids is 2. The first kappa shape index (κ1) is 19.9. The number of hydrogen-bond donors (Lipinski definition) is 2. The standard InChI is InChI=1S/C15H20N4O4.ClH/c1-10(15(21)18(2)13-6-7-16-9-13)17-14(20)11-4-3-5-12(8-11)19(22)23;/h3-5,8,10,13,16H,6-7,9H2,1-2H3,(H,17,20);1H. The topological polar surface area (TPSA) is 105 Å². The van der Waals surface area contributed by atoms with E-state index in [1.807, 2.05) is 0 Å². The monoisotopic (exact) mass is 356 g/mol. The van der Waals surface area contributed by atoms with Gasteiger partial charge in [0, 0.05) is 37.3 Å². The second-order valence-corrected chi connectivity index (χ2v) is 5.60. The summed E-state index contributed by atoms with van der Waals surface area (Å²) in [5, 5.41) is 16.5. The van der Waals surface area contributed by atoms with Gasteiger partial charge in [-0.25, -0.2) is 0 Å². The number of nitrogens with one attached hydrogen (secondary N) is 2. The Hall–Kier alpha value is -2.19. The molecule has 1 fully saturated rings. The van der Waals surface area contributed by atoms with Gasteiger partial charge in [0.1, 0.15) is 6.04 Å². The summed E-state index contributed by atoms with van der Waals surface area (Å²) in [5.41, 5.74) is -0.00480. The van der Waals surface area contributed by atoms with Crippen molar-refractivity contribution in [1.82, 2.24) is 15.5 Å². The summed E-state index contributed by atoms with van der Waals surface area (Å²) in [6, 6.07) is 4.84. The van der Waals surface area contributed by atoms with Crippen molar-refractivity contribution in [3.05, 3.63) is 39.9 Å². The molecule has 2 amide bonds. The molecule has 0 aromatic heterocycles. The highest BCUT2D eigenvalue weighted by molar-refractivity contribution is 5.97. The summed E-state index contributed by atoms with van der Waals surface area (Å²) >= 11 is 0. The Labute approximate surface area is 146 Å². The summed E-state index contributed by atoms with van der Waals surface area (Å²) in [5.74, 6) is -0.690. The predicted octanol–water partition coefficient (Wildman–Crippen LogP) is 0.955. The largest absolute Gasteiger partial charge is 0.341 e. The number of non-ortho nitro benzene ring substituents is 1. The zero-order valence-corrected chi connectivity index (χ0v) is 14.3. The van der Waals surface area contributed by atoms with Gasteiger partial charge < -0.3 is 15.5 Å². The number of rotatable bonds is 5. The molecular weight excluding hydrogens is 336 g/mol. The number of nitro groups is 1. The number of likely N-dealkylation sites (N-methyl/N-ethyl adjacent to an activating group) is 1. The molecule has 1 aromatic carbocycles. The van der Waals surface area contributed by atoms with Crippen molar-refractivity contribution >= 4 is 29.9 Å². The third-order valence-electron chi connectivity index (χ3n) is 3.97. The average Bonchev–Trinajstić information content (AvgIpc) is 3.07. The maximum Gasteiger partial charge on any atom is 0.270 e. The van der Waals surface area contributed by atoms with Crippen LogP contribution in [0.15, 0.2) is 24.3 Å². The van der Waals surface area contributed by atoms with Crippen LogP contribution in [-0.4, -0.2) is 53.9 Å². The quantitative estimate of drug-likeness (QED) is 0.604. The number of nitrogens with zero attached hydrogens (tertiary/aromatic N) is 2. The summed E-state index contributed by atoms with van der Waals surface area (Å²) < 4.78 is 0. The van der Waals surface area contributed by atoms with Gasteiger partial charge in [-0.05, 0) is 26.0 Å². The Morgan fingerprint density at radius 1 is 1.46 bits per heavy atom. The maximum atomic E-state index is 12.3. The van der Waals surface area contributed by atoms with Crippen LogP contribution >= 0.6 is 12.4 Å². The van der Waals surface area contributed by atoms with Crippen LogP contribution in [0, 0.1) is 10.1 Å². The zero-order chi connectivity index (χ0) is 17.0. The average molecular weight is 357 g/mol. The van der Waals surface area contributed by atoms with E-state index >= 15 is 0 Å². The fourth-order valence-electron chi connectivity index (χ4n) is 2.56. The SMILES string of the molecule is CC(NC(=O)c1cccc([N+](=O)[O-])c1)C(=O)N(C)C1CCNC1.Cl. The number of hydrogen-bond acceptors (Lipinski definition) is 5. The lowest BCUT2D eigenvalue weighted by molar-refractivity contribution is -0.384. The normalized spacial score (nSPS) is 17.5. The molecule has 1 heterocycles. The lowest BCUT2D eigenvalue weighted by Gasteiger charge is -2.27. The third-order valence-corrected chi connectivity index (χ3v) is 3.97. The second-order valence-electron chi connectivity index (χ2n) is 5.60. The van der Waals surface area contributed by atoms with E-state index in [0.29, 0.717) is 0 Å². The molecule has 1 aliphatic heterocycles. The molecule has 1 aliphatic rings. The van der Waals surface area contributed by atoms with Gasteiger partial charge in [-0.3, -0.25) is 19.7 Å². The van der Waals surface area contributed by atoms with Crippen molar-refractivity contribution in [2.24, 2.45) is 0 Å². The van der Waals surface area contributed by atoms with Crippen molar-refractivity contribution in [2.75, 3.05) is 20.1 Å². The van der Waals surface area contributed by atoms with Gasteiger partial charge in [0.15, 0.2) is 0 Å². The first-order valence-electron chi connectivity index (χ1n) is 7.43. The molecule has 0 aliphatic carbocycles. The van der Waals surface area contributed by atoms with E-state index < -0.39 is 16.9 Å². The van der Waals surface area contributed by atoms with Crippen molar-refractivity contribution in [3.8, 4) is 0 Å². The highest BCUT2D eigenvalue weighted by Gasteiger charge is 2.27. The fraction of sp³-hybridized carbons (Fsp3) is 0.467. The fourth-order valence-corrected chi connectivity index (χ4v) is 2.56. The maximum absolute atomic E-state index is 12.3. The lowest BCUT2D eigenvalue weighted by atomic mass is 10.1. The number of carbonyl (C=O) groups is 2. The number of nitro benzene ring substituents is 1. The minimum atomic E-state index is -0.702. The molecule has 2 N–H and O–H groups in total. The molecule has 0 bridgehead atoms. The van der Waals surface area contributed by atoms with E-state index in [1.54, 1.807) is 18.9 Å². The molecule has 0 saturated carbocycles. The van der Waals surface area contributed by atoms with E-state index in [-0.39, 0.29) is 35.6 Å². The van der Waals surface area contributed by atoms with Gasteiger partial charge in [0.2, 0.25) is 5.91 Å². The number of halogens is 1. The van der Waals surface area contributed by atoms with Crippen molar-refractivity contribution in [3.63, 3.8) is 0 Å². The molecule has 24 heavy (non-hydrogen) atoms. The van der Waals surface area contributed by atoms with Crippen LogP contribution in [0.2, 0.25) is 0 Å². The molecule has 0 radical (unpaired) electrons. The van der Waals surface area contributed by atoms with Crippen LogP contribution in [0.5, 0.6) is 0 Å². The Bertz CT molecular complexity index is 619. The van der Waals surface area contributed by atoms with E-state index in [9.17, 15) is 19.7 Å². The smallest absolute Gasteiger partial charge is 0.270 e. The van der Waals surface area contributed by atoms with E-state index in [4.69, 9.17) is 0 Å². The van der Waals surface area contributed by atoms with Gasteiger partial charge in [0.25, 0.3) is 11.6 Å². The predicted molar refractivity (Wildman–Crippen MR) is 91.3 cm³/mol. The van der Waals surface area contributed by atoms with Crippen molar-refractivity contribution in [2.45, 2.75) is 25.4 Å². The van der Waals surface area contributed by atoms with E-state index in [2.05, 4.69) is 10.6 Å². The minimum Gasteiger partial charge on any atom is -0.341 e. The molecule has 9 heteroatoms. The summed E-state index contributed by atoms with van der Waals surface area (Å²) in [7, 11) is 1.72. The van der Waals surface area contributed by atoms with Gasteiger partial charge in [-0.15, -0.1) is 12.4 Å². The molecule has 2 atom stereocenters. The summed E-state index contributed by atoms with van der Waals surface area (Å²) in [6.45, 7) is 3.22. The second kappa shape index (κ2) is 8.60. The number of amides is 2. The zero-order valence-electron chi connectivity index (χ0n) is 13.5. The molecule has 1 aromatic rings. The first-order valence-corrected chi connectivity index (χ1v) is 7.43. The Morgan fingerprint density at radius 2 is 2.17 bits per heavy atom. The van der Waals surface area contributed by atoms with Crippen LogP contribution < -0.4 is 10.6 Å². The molecule has 132 valence electrons. The summed E-state index contributed by atoms with van der Waals surface area (Å²) in [4.78, 5) is 36.3.